The number of fused-ring (bicyclic) bond motifs is 1. The lowest BCUT2D eigenvalue weighted by Gasteiger charge is -2.22. The molecule has 0 aliphatic carbocycles. The number of amides is 1. The molecule has 168 valence electrons. The van der Waals surface area contributed by atoms with Gasteiger partial charge in [-0.15, -0.1) is 0 Å². The van der Waals surface area contributed by atoms with Crippen LogP contribution in [0.4, 0.5) is 5.69 Å². The Morgan fingerprint density at radius 3 is 2.61 bits per heavy atom. The maximum atomic E-state index is 13.3. The molecule has 1 amide bonds. The summed E-state index contributed by atoms with van der Waals surface area (Å²) in [5, 5.41) is 2.81. The first-order valence-electron chi connectivity index (χ1n) is 10.1. The van der Waals surface area contributed by atoms with Crippen molar-refractivity contribution in [2.75, 3.05) is 45.3 Å². The van der Waals surface area contributed by atoms with Crippen LogP contribution in [0.2, 0.25) is 0 Å². The Morgan fingerprint density at radius 1 is 1.13 bits per heavy atom. The Bertz CT molecular complexity index is 1040. The molecule has 1 aliphatic heterocycles. The van der Waals surface area contributed by atoms with Gasteiger partial charge in [0.1, 0.15) is 0 Å². The van der Waals surface area contributed by atoms with Crippen LogP contribution in [0.3, 0.4) is 0 Å². The lowest BCUT2D eigenvalue weighted by Crippen LogP contribution is -2.40. The van der Waals surface area contributed by atoms with Crippen molar-refractivity contribution >= 4 is 21.6 Å². The number of nitrogens with zero attached hydrogens (tertiary/aromatic N) is 1. The van der Waals surface area contributed by atoms with Crippen molar-refractivity contribution in [3.63, 3.8) is 0 Å². The van der Waals surface area contributed by atoms with E-state index in [1.54, 1.807) is 12.1 Å². The molecule has 0 aromatic heterocycles. The minimum absolute atomic E-state index is 0.0346. The van der Waals surface area contributed by atoms with E-state index in [4.69, 9.17) is 14.2 Å². The number of ether oxygens (including phenoxy) is 3. The van der Waals surface area contributed by atoms with E-state index in [0.717, 1.165) is 21.9 Å². The Morgan fingerprint density at radius 2 is 1.87 bits per heavy atom. The summed E-state index contributed by atoms with van der Waals surface area (Å²) in [7, 11) is -2.49. The number of sulfonamides is 1. The predicted molar refractivity (Wildman–Crippen MR) is 117 cm³/mol. The molecule has 0 saturated heterocycles. The van der Waals surface area contributed by atoms with Gasteiger partial charge < -0.3 is 19.5 Å². The zero-order valence-corrected chi connectivity index (χ0v) is 18.8. The number of carbonyl (C=O) groups excluding carboxylic acids is 1. The average molecular weight is 449 g/mol. The number of aryl methyl sites for hydroxylation is 1. The monoisotopic (exact) mass is 448 g/mol. The highest BCUT2D eigenvalue weighted by Crippen LogP contribution is 2.33. The second-order valence-corrected chi connectivity index (χ2v) is 9.22. The van der Waals surface area contributed by atoms with Gasteiger partial charge in [-0.1, -0.05) is 12.1 Å². The van der Waals surface area contributed by atoms with Crippen LogP contribution in [0.5, 0.6) is 11.5 Å². The van der Waals surface area contributed by atoms with E-state index in [2.05, 4.69) is 5.32 Å². The molecule has 9 heteroatoms. The summed E-state index contributed by atoms with van der Waals surface area (Å²) >= 11 is 0. The number of methoxy groups -OCH3 is 1. The molecule has 1 heterocycles. The number of carbonyl (C=O) groups is 1. The number of hydrogen-bond donors (Lipinski definition) is 1. The first-order valence-corrected chi connectivity index (χ1v) is 11.5. The molecule has 0 spiro atoms. The Hall–Kier alpha value is -2.62. The average Bonchev–Trinajstić information content (AvgIpc) is 2.99. The first-order chi connectivity index (χ1) is 14.8. The Labute approximate surface area is 183 Å². The van der Waals surface area contributed by atoms with Gasteiger partial charge in [-0.25, -0.2) is 8.42 Å². The van der Waals surface area contributed by atoms with Crippen LogP contribution in [0.15, 0.2) is 41.3 Å². The fourth-order valence-corrected chi connectivity index (χ4v) is 4.56. The quantitative estimate of drug-likeness (QED) is 0.667. The zero-order valence-electron chi connectivity index (χ0n) is 18.0. The van der Waals surface area contributed by atoms with Crippen LogP contribution < -0.4 is 14.8 Å². The molecular formula is C22H28N2O6S. The summed E-state index contributed by atoms with van der Waals surface area (Å²) in [4.78, 5) is 12.7. The Balaban J connectivity index is 1.82. The van der Waals surface area contributed by atoms with Crippen molar-refractivity contribution < 1.29 is 27.4 Å². The van der Waals surface area contributed by atoms with Crippen molar-refractivity contribution in [2.24, 2.45) is 0 Å². The first kappa shape index (κ1) is 23.1. The van der Waals surface area contributed by atoms with E-state index in [1.165, 1.54) is 19.2 Å². The summed E-state index contributed by atoms with van der Waals surface area (Å²) in [6.45, 7) is 4.66. The summed E-state index contributed by atoms with van der Waals surface area (Å²) in [6.07, 6.45) is 0.718. The van der Waals surface area contributed by atoms with E-state index < -0.39 is 15.9 Å². The molecule has 0 radical (unpaired) electrons. The van der Waals surface area contributed by atoms with Crippen LogP contribution in [0.1, 0.15) is 17.5 Å². The van der Waals surface area contributed by atoms with E-state index in [9.17, 15) is 13.2 Å². The van der Waals surface area contributed by atoms with Crippen LogP contribution in [-0.4, -0.2) is 58.7 Å². The molecular weight excluding hydrogens is 420 g/mol. The normalized spacial score (nSPS) is 13.7. The highest BCUT2D eigenvalue weighted by atomic mass is 32.2. The summed E-state index contributed by atoms with van der Waals surface area (Å²) < 4.78 is 44.0. The van der Waals surface area contributed by atoms with Gasteiger partial charge in [0.2, 0.25) is 15.9 Å². The van der Waals surface area contributed by atoms with Crippen LogP contribution in [0.25, 0.3) is 0 Å². The molecule has 0 bridgehead atoms. The maximum absolute atomic E-state index is 13.3. The third kappa shape index (κ3) is 5.55. The zero-order chi connectivity index (χ0) is 22.4. The van der Waals surface area contributed by atoms with E-state index in [1.807, 2.05) is 26.0 Å². The lowest BCUT2D eigenvalue weighted by molar-refractivity contribution is -0.116. The van der Waals surface area contributed by atoms with Crippen molar-refractivity contribution in [3.05, 3.63) is 47.5 Å². The topological polar surface area (TPSA) is 94.2 Å². The Kier molecular flexibility index (Phi) is 7.53. The van der Waals surface area contributed by atoms with Gasteiger partial charge in [-0.05, 0) is 43.2 Å². The molecule has 0 fully saturated rings. The molecule has 31 heavy (non-hydrogen) atoms. The fraction of sp³-hybridized carbons (Fsp3) is 0.409. The molecule has 0 atom stereocenters. The van der Waals surface area contributed by atoms with Crippen LogP contribution in [-0.2, 0) is 19.6 Å². The number of hydrogen-bond acceptors (Lipinski definition) is 6. The van der Waals surface area contributed by atoms with Gasteiger partial charge in [0.05, 0.1) is 31.3 Å². The van der Waals surface area contributed by atoms with Gasteiger partial charge in [-0.2, -0.15) is 4.31 Å². The summed E-state index contributed by atoms with van der Waals surface area (Å²) in [5.41, 5.74) is 2.63. The van der Waals surface area contributed by atoms with Crippen LogP contribution >= 0.6 is 0 Å². The van der Waals surface area contributed by atoms with Crippen molar-refractivity contribution in [3.8, 4) is 11.5 Å². The maximum Gasteiger partial charge on any atom is 0.243 e. The van der Waals surface area contributed by atoms with Gasteiger partial charge in [0.15, 0.2) is 11.5 Å². The van der Waals surface area contributed by atoms with E-state index in [0.29, 0.717) is 30.4 Å². The highest BCUT2D eigenvalue weighted by Gasteiger charge is 2.28. The van der Waals surface area contributed by atoms with Gasteiger partial charge >= 0.3 is 0 Å². The predicted octanol–water partition coefficient (Wildman–Crippen LogP) is 2.74. The largest absolute Gasteiger partial charge is 0.490 e. The molecule has 8 nitrogen and oxygen atoms in total. The standard InChI is InChI=1S/C22H28N2O6S/c1-16-6-4-7-19(17(16)2)23-22(25)15-24(10-13-28-3)31(26,27)18-8-9-20-21(14-18)30-12-5-11-29-20/h4,6-9,14H,5,10-13,15H2,1-3H3,(H,23,25). The summed E-state index contributed by atoms with van der Waals surface area (Å²) in [6, 6.07) is 10.1. The molecule has 2 aromatic rings. The van der Waals surface area contributed by atoms with Gasteiger partial charge in [-0.3, -0.25) is 4.79 Å². The molecule has 3 rings (SSSR count). The number of nitrogens with one attached hydrogen (secondary N) is 1. The van der Waals surface area contributed by atoms with Gasteiger partial charge in [0.25, 0.3) is 0 Å². The minimum atomic E-state index is -3.97. The minimum Gasteiger partial charge on any atom is -0.490 e. The second kappa shape index (κ2) is 10.1. The fourth-order valence-electron chi connectivity index (χ4n) is 3.17. The molecule has 0 unspecified atom stereocenters. The van der Waals surface area contributed by atoms with Gasteiger partial charge in [0, 0.05) is 31.8 Å². The smallest absolute Gasteiger partial charge is 0.243 e. The highest BCUT2D eigenvalue weighted by molar-refractivity contribution is 7.89. The number of anilines is 1. The van der Waals surface area contributed by atoms with Crippen molar-refractivity contribution in [1.29, 1.82) is 0 Å². The van der Waals surface area contributed by atoms with Crippen LogP contribution in [0, 0.1) is 13.8 Å². The summed E-state index contributed by atoms with van der Waals surface area (Å²) in [5.74, 6) is 0.459. The molecule has 1 N–H and O–H groups in total. The molecule has 0 saturated carbocycles. The number of benzene rings is 2. The SMILES string of the molecule is COCCN(CC(=O)Nc1cccc(C)c1C)S(=O)(=O)c1ccc2c(c1)OCCCO2. The third-order valence-corrected chi connectivity index (χ3v) is 6.94. The molecule has 2 aromatic carbocycles. The van der Waals surface area contributed by atoms with E-state index >= 15 is 0 Å². The van der Waals surface area contributed by atoms with Crippen molar-refractivity contribution in [2.45, 2.75) is 25.2 Å². The second-order valence-electron chi connectivity index (χ2n) is 7.29. The van der Waals surface area contributed by atoms with Crippen molar-refractivity contribution in [1.82, 2.24) is 4.31 Å². The molecule has 1 aliphatic rings. The van der Waals surface area contributed by atoms with E-state index in [-0.39, 0.29) is 24.6 Å². The lowest BCUT2D eigenvalue weighted by atomic mass is 10.1. The number of rotatable bonds is 8. The third-order valence-electron chi connectivity index (χ3n) is 5.10.